The Kier molecular flexibility index (Phi) is 7.18. The van der Waals surface area contributed by atoms with Crippen LogP contribution in [0.5, 0.6) is 11.5 Å². The van der Waals surface area contributed by atoms with Crippen molar-refractivity contribution in [1.29, 1.82) is 0 Å². The summed E-state index contributed by atoms with van der Waals surface area (Å²) in [5, 5.41) is 15.7. The Hall–Kier alpha value is -3.93. The highest BCUT2D eigenvalue weighted by Gasteiger charge is 2.19. The molecule has 1 amide bonds. The summed E-state index contributed by atoms with van der Waals surface area (Å²) in [7, 11) is 0. The molecule has 0 saturated carbocycles. The van der Waals surface area contributed by atoms with Crippen LogP contribution in [0.1, 0.15) is 26.6 Å². The van der Waals surface area contributed by atoms with Crippen LogP contribution >= 0.6 is 34.7 Å². The minimum Gasteiger partial charge on any atom is -0.454 e. The maximum absolute atomic E-state index is 12.7. The van der Waals surface area contributed by atoms with Gasteiger partial charge in [-0.2, -0.15) is 0 Å². The van der Waals surface area contributed by atoms with E-state index in [1.54, 1.807) is 17.8 Å². The minimum atomic E-state index is -0.238. The maximum Gasteiger partial charge on any atom is 0.271 e. The number of nitrogens with one attached hydrogen (secondary N) is 1. The molecule has 0 saturated heterocycles. The lowest BCUT2D eigenvalue weighted by Crippen LogP contribution is -2.23. The number of thiazole rings is 1. The van der Waals surface area contributed by atoms with E-state index in [-0.39, 0.29) is 12.7 Å². The van der Waals surface area contributed by atoms with Gasteiger partial charge in [0.15, 0.2) is 22.5 Å². The number of hydrogen-bond donors (Lipinski definition) is 1. The normalized spacial score (nSPS) is 12.1. The summed E-state index contributed by atoms with van der Waals surface area (Å²) in [6.07, 6.45) is 3.45. The van der Waals surface area contributed by atoms with E-state index >= 15 is 0 Å². The standard InChI is InChI=1S/C27H21ClN6O3S2/c1-16-2-4-19(28)11-21(16)34-25(18-6-8-29-9-7-18)32-33-27(34)39-14-24-31-20(13-38-24)26(35)30-12-17-3-5-22-23(10-17)37-15-36-22/h2-11,13H,12,14-15H2,1H3,(H,30,35). The van der Waals surface area contributed by atoms with Gasteiger partial charge in [0.2, 0.25) is 6.79 Å². The maximum atomic E-state index is 12.7. The molecule has 0 fully saturated rings. The summed E-state index contributed by atoms with van der Waals surface area (Å²) in [6.45, 7) is 2.59. The number of benzene rings is 2. The number of fused-ring (bicyclic) bond motifs is 1. The van der Waals surface area contributed by atoms with Crippen molar-refractivity contribution in [3.05, 3.63) is 93.2 Å². The SMILES string of the molecule is Cc1ccc(Cl)cc1-n1c(SCc2nc(C(=O)NCc3ccc4c(c3)OCO4)cs2)nnc1-c1ccncc1. The molecular weight excluding hydrogens is 556 g/mol. The third-order valence-electron chi connectivity index (χ3n) is 5.98. The van der Waals surface area contributed by atoms with E-state index in [0.717, 1.165) is 27.4 Å². The van der Waals surface area contributed by atoms with Crippen molar-refractivity contribution in [2.24, 2.45) is 0 Å². The molecule has 0 spiro atoms. The molecule has 3 aromatic heterocycles. The third-order valence-corrected chi connectivity index (χ3v) is 8.19. The number of hydrogen-bond acceptors (Lipinski definition) is 9. The number of ether oxygens (including phenoxy) is 2. The summed E-state index contributed by atoms with van der Waals surface area (Å²) in [6, 6.07) is 15.1. The molecule has 1 aliphatic rings. The predicted octanol–water partition coefficient (Wildman–Crippen LogP) is 5.70. The van der Waals surface area contributed by atoms with E-state index in [1.807, 2.05) is 60.0 Å². The van der Waals surface area contributed by atoms with Crippen LogP contribution in [0, 0.1) is 6.92 Å². The van der Waals surface area contributed by atoms with Gasteiger partial charge in [0, 0.05) is 34.9 Å². The van der Waals surface area contributed by atoms with Crippen molar-refractivity contribution in [1.82, 2.24) is 30.0 Å². The average molecular weight is 577 g/mol. The second kappa shape index (κ2) is 11.0. The van der Waals surface area contributed by atoms with Crippen LogP contribution in [-0.2, 0) is 12.3 Å². The van der Waals surface area contributed by atoms with E-state index in [0.29, 0.717) is 45.5 Å². The molecule has 0 radical (unpaired) electrons. The molecule has 12 heteroatoms. The number of aryl methyl sites for hydroxylation is 1. The summed E-state index contributed by atoms with van der Waals surface area (Å²) in [5.41, 5.74) is 4.11. The van der Waals surface area contributed by atoms with Gasteiger partial charge < -0.3 is 14.8 Å². The average Bonchev–Trinajstić information content (AvgIpc) is 3.72. The van der Waals surface area contributed by atoms with Crippen LogP contribution in [0.3, 0.4) is 0 Å². The van der Waals surface area contributed by atoms with Crippen molar-refractivity contribution < 1.29 is 14.3 Å². The first kappa shape index (κ1) is 25.4. The van der Waals surface area contributed by atoms with Crippen molar-refractivity contribution >= 4 is 40.6 Å². The quantitative estimate of drug-likeness (QED) is 0.235. The van der Waals surface area contributed by atoms with E-state index in [2.05, 4.69) is 25.5 Å². The van der Waals surface area contributed by atoms with Gasteiger partial charge >= 0.3 is 0 Å². The monoisotopic (exact) mass is 576 g/mol. The van der Waals surface area contributed by atoms with E-state index in [4.69, 9.17) is 21.1 Å². The van der Waals surface area contributed by atoms with Gasteiger partial charge in [0.25, 0.3) is 5.91 Å². The molecule has 4 heterocycles. The van der Waals surface area contributed by atoms with Crippen LogP contribution in [0.15, 0.2) is 71.5 Å². The van der Waals surface area contributed by atoms with Gasteiger partial charge in [-0.05, 0) is 54.4 Å². The number of pyridine rings is 1. The second-order valence-corrected chi connectivity index (χ2v) is 10.9. The molecule has 1 N–H and O–H groups in total. The lowest BCUT2D eigenvalue weighted by molar-refractivity contribution is 0.0946. The number of carbonyl (C=O) groups is 1. The molecule has 39 heavy (non-hydrogen) atoms. The largest absolute Gasteiger partial charge is 0.454 e. The second-order valence-electron chi connectivity index (χ2n) is 8.59. The molecule has 0 aliphatic carbocycles. The number of carbonyl (C=O) groups excluding carboxylic acids is 1. The van der Waals surface area contributed by atoms with Crippen LogP contribution < -0.4 is 14.8 Å². The topological polar surface area (TPSA) is 104 Å². The summed E-state index contributed by atoms with van der Waals surface area (Å²) in [5.74, 6) is 2.36. The number of thioether (sulfide) groups is 1. The number of rotatable bonds is 8. The Morgan fingerprint density at radius 2 is 1.95 bits per heavy atom. The Bertz CT molecular complexity index is 1660. The lowest BCUT2D eigenvalue weighted by Gasteiger charge is -2.13. The molecule has 5 aromatic rings. The summed E-state index contributed by atoms with van der Waals surface area (Å²) < 4.78 is 12.7. The van der Waals surface area contributed by atoms with E-state index in [1.165, 1.54) is 23.1 Å². The molecule has 0 atom stereocenters. The summed E-state index contributed by atoms with van der Waals surface area (Å²) >= 11 is 9.27. The van der Waals surface area contributed by atoms with Gasteiger partial charge in [0.1, 0.15) is 10.7 Å². The molecule has 0 bridgehead atoms. The van der Waals surface area contributed by atoms with Crippen molar-refractivity contribution in [2.45, 2.75) is 24.4 Å². The van der Waals surface area contributed by atoms with Crippen molar-refractivity contribution in [3.63, 3.8) is 0 Å². The lowest BCUT2D eigenvalue weighted by atomic mass is 10.2. The van der Waals surface area contributed by atoms with Crippen LogP contribution in [0.25, 0.3) is 17.1 Å². The number of halogens is 1. The molecule has 0 unspecified atom stereocenters. The molecule has 1 aliphatic heterocycles. The fraction of sp³-hybridized carbons (Fsp3) is 0.148. The minimum absolute atomic E-state index is 0.213. The molecule has 6 rings (SSSR count). The van der Waals surface area contributed by atoms with Gasteiger partial charge in [-0.1, -0.05) is 35.5 Å². The van der Waals surface area contributed by atoms with Crippen molar-refractivity contribution in [3.8, 4) is 28.6 Å². The summed E-state index contributed by atoms with van der Waals surface area (Å²) in [4.78, 5) is 21.4. The van der Waals surface area contributed by atoms with E-state index in [9.17, 15) is 4.79 Å². The van der Waals surface area contributed by atoms with Crippen LogP contribution in [-0.4, -0.2) is 37.4 Å². The Balaban J connectivity index is 1.17. The molecule has 196 valence electrons. The van der Waals surface area contributed by atoms with Gasteiger partial charge in [0.05, 0.1) is 11.4 Å². The van der Waals surface area contributed by atoms with Crippen molar-refractivity contribution in [2.75, 3.05) is 6.79 Å². The Labute approximate surface area is 237 Å². The highest BCUT2D eigenvalue weighted by molar-refractivity contribution is 7.98. The fourth-order valence-electron chi connectivity index (χ4n) is 4.02. The fourth-order valence-corrected chi connectivity index (χ4v) is 5.93. The van der Waals surface area contributed by atoms with Gasteiger partial charge in [-0.3, -0.25) is 14.3 Å². The van der Waals surface area contributed by atoms with E-state index < -0.39 is 0 Å². The third kappa shape index (κ3) is 5.47. The first-order valence-corrected chi connectivity index (χ1v) is 14.2. The van der Waals surface area contributed by atoms with Crippen LogP contribution in [0.4, 0.5) is 0 Å². The van der Waals surface area contributed by atoms with Gasteiger partial charge in [-0.15, -0.1) is 21.5 Å². The molecule has 2 aromatic carbocycles. The highest BCUT2D eigenvalue weighted by atomic mass is 35.5. The smallest absolute Gasteiger partial charge is 0.271 e. The zero-order valence-corrected chi connectivity index (χ0v) is 23.0. The number of aromatic nitrogens is 5. The molecular formula is C27H21ClN6O3S2. The number of amides is 1. The molecule has 9 nitrogen and oxygen atoms in total. The first-order chi connectivity index (χ1) is 19.0. The Morgan fingerprint density at radius 1 is 1.10 bits per heavy atom. The number of nitrogens with zero attached hydrogens (tertiary/aromatic N) is 5. The highest BCUT2D eigenvalue weighted by Crippen LogP contribution is 2.33. The Morgan fingerprint density at radius 3 is 2.82 bits per heavy atom. The zero-order chi connectivity index (χ0) is 26.8. The first-order valence-electron chi connectivity index (χ1n) is 11.9. The van der Waals surface area contributed by atoms with Gasteiger partial charge in [-0.25, -0.2) is 4.98 Å². The van der Waals surface area contributed by atoms with Crippen LogP contribution in [0.2, 0.25) is 5.02 Å². The zero-order valence-electron chi connectivity index (χ0n) is 20.6. The predicted molar refractivity (Wildman–Crippen MR) is 150 cm³/mol.